The lowest BCUT2D eigenvalue weighted by Crippen LogP contribution is -2.52. The maximum atomic E-state index is 13.1. The highest BCUT2D eigenvalue weighted by Crippen LogP contribution is 2.20. The van der Waals surface area contributed by atoms with Gasteiger partial charge in [-0.05, 0) is 34.7 Å². The molecule has 2 atom stereocenters. The van der Waals surface area contributed by atoms with Gasteiger partial charge in [0.1, 0.15) is 11.9 Å². The first-order valence-electron chi connectivity index (χ1n) is 10.1. The Morgan fingerprint density at radius 1 is 0.906 bits per heavy atom. The van der Waals surface area contributed by atoms with Gasteiger partial charge in [0.15, 0.2) is 6.10 Å². The van der Waals surface area contributed by atoms with Crippen molar-refractivity contribution >= 4 is 18.0 Å². The number of carbonyl (C=O) groups excluding carboxylic acids is 1. The Hall–Kier alpha value is -3.46. The van der Waals surface area contributed by atoms with Crippen LogP contribution in [0.25, 0.3) is 11.1 Å². The number of nitrogens with zero attached hydrogens (tertiary/aromatic N) is 1. The summed E-state index contributed by atoms with van der Waals surface area (Å²) in [5.74, 6) is -3.08. The van der Waals surface area contributed by atoms with E-state index in [2.05, 4.69) is 5.32 Å². The number of urea groups is 1. The van der Waals surface area contributed by atoms with Crippen molar-refractivity contribution in [1.29, 1.82) is 0 Å². The van der Waals surface area contributed by atoms with Gasteiger partial charge in [-0.1, -0.05) is 50.2 Å². The number of benzene rings is 2. The molecule has 2 aromatic rings. The molecule has 2 unspecified atom stereocenters. The Morgan fingerprint density at radius 3 is 1.91 bits per heavy atom. The highest BCUT2D eigenvalue weighted by molar-refractivity contribution is 5.83. The SMILES string of the molecule is CC(C)CN(CC(O)C(=O)O)C(=O)NC(Cc1ccc(-c2ccc(F)cc2)cc1)C(=O)O. The number of aliphatic hydroxyl groups excluding tert-OH is 1. The summed E-state index contributed by atoms with van der Waals surface area (Å²) in [7, 11) is 0. The van der Waals surface area contributed by atoms with E-state index in [4.69, 9.17) is 5.11 Å². The molecule has 0 bridgehead atoms. The van der Waals surface area contributed by atoms with Crippen molar-refractivity contribution < 1.29 is 34.1 Å². The maximum absolute atomic E-state index is 13.1. The highest BCUT2D eigenvalue weighted by Gasteiger charge is 2.27. The molecule has 172 valence electrons. The molecule has 32 heavy (non-hydrogen) atoms. The molecule has 8 nitrogen and oxygen atoms in total. The van der Waals surface area contributed by atoms with E-state index in [1.54, 1.807) is 36.4 Å². The van der Waals surface area contributed by atoms with Gasteiger partial charge < -0.3 is 25.5 Å². The Balaban J connectivity index is 2.10. The van der Waals surface area contributed by atoms with Crippen LogP contribution in [0.2, 0.25) is 0 Å². The van der Waals surface area contributed by atoms with Crippen LogP contribution in [0.5, 0.6) is 0 Å². The van der Waals surface area contributed by atoms with Gasteiger partial charge in [0.25, 0.3) is 0 Å². The summed E-state index contributed by atoms with van der Waals surface area (Å²) in [6.07, 6.45) is -1.77. The van der Waals surface area contributed by atoms with Crippen LogP contribution >= 0.6 is 0 Å². The highest BCUT2D eigenvalue weighted by atomic mass is 19.1. The van der Waals surface area contributed by atoms with Gasteiger partial charge in [-0.2, -0.15) is 0 Å². The summed E-state index contributed by atoms with van der Waals surface area (Å²) in [5, 5.41) is 30.5. The van der Waals surface area contributed by atoms with Crippen LogP contribution in [0, 0.1) is 11.7 Å². The molecule has 0 aliphatic carbocycles. The van der Waals surface area contributed by atoms with Gasteiger partial charge in [-0.15, -0.1) is 0 Å². The number of rotatable bonds is 10. The van der Waals surface area contributed by atoms with E-state index < -0.39 is 36.7 Å². The largest absolute Gasteiger partial charge is 0.480 e. The number of carboxylic acids is 2. The summed E-state index contributed by atoms with van der Waals surface area (Å²) in [5.41, 5.74) is 2.29. The molecule has 4 N–H and O–H groups in total. The first-order valence-corrected chi connectivity index (χ1v) is 10.1. The second-order valence-corrected chi connectivity index (χ2v) is 7.90. The predicted molar refractivity (Wildman–Crippen MR) is 116 cm³/mol. The summed E-state index contributed by atoms with van der Waals surface area (Å²) in [4.78, 5) is 36.4. The summed E-state index contributed by atoms with van der Waals surface area (Å²) in [6.45, 7) is 3.31. The number of amides is 2. The van der Waals surface area contributed by atoms with E-state index in [1.807, 2.05) is 13.8 Å². The molecule has 0 saturated carbocycles. The van der Waals surface area contributed by atoms with E-state index in [0.717, 1.165) is 16.0 Å². The fraction of sp³-hybridized carbons (Fsp3) is 0.348. The third-order valence-corrected chi connectivity index (χ3v) is 4.72. The Morgan fingerprint density at radius 2 is 1.44 bits per heavy atom. The number of aliphatic carboxylic acids is 2. The smallest absolute Gasteiger partial charge is 0.334 e. The lowest BCUT2D eigenvalue weighted by atomic mass is 10.0. The fourth-order valence-electron chi connectivity index (χ4n) is 3.12. The normalized spacial score (nSPS) is 12.8. The third kappa shape index (κ3) is 7.35. The molecule has 0 fully saturated rings. The first-order chi connectivity index (χ1) is 15.1. The van der Waals surface area contributed by atoms with Gasteiger partial charge >= 0.3 is 18.0 Å². The van der Waals surface area contributed by atoms with Crippen molar-refractivity contribution in [2.75, 3.05) is 13.1 Å². The predicted octanol–water partition coefficient (Wildman–Crippen LogP) is 2.60. The molecule has 9 heteroatoms. The van der Waals surface area contributed by atoms with Crippen molar-refractivity contribution in [3.8, 4) is 11.1 Å². The molecule has 0 aliphatic rings. The van der Waals surface area contributed by atoms with E-state index >= 15 is 0 Å². The molecule has 2 aromatic carbocycles. The van der Waals surface area contributed by atoms with Crippen molar-refractivity contribution in [3.63, 3.8) is 0 Å². The average Bonchev–Trinajstić information content (AvgIpc) is 2.73. The fourth-order valence-corrected chi connectivity index (χ4v) is 3.12. The van der Waals surface area contributed by atoms with Crippen LogP contribution in [0.15, 0.2) is 48.5 Å². The molecule has 0 aromatic heterocycles. The van der Waals surface area contributed by atoms with Gasteiger partial charge in [-0.3, -0.25) is 0 Å². The van der Waals surface area contributed by atoms with Gasteiger partial charge in [0.2, 0.25) is 0 Å². The number of aliphatic hydroxyl groups is 1. The quantitative estimate of drug-likeness (QED) is 0.444. The average molecular weight is 446 g/mol. The summed E-state index contributed by atoms with van der Waals surface area (Å²) < 4.78 is 13.1. The molecule has 2 rings (SSSR count). The van der Waals surface area contributed by atoms with Crippen LogP contribution in [-0.4, -0.2) is 63.4 Å². The number of hydrogen-bond donors (Lipinski definition) is 4. The van der Waals surface area contributed by atoms with E-state index in [0.29, 0.717) is 5.56 Å². The standard InChI is InChI=1S/C23H27FN2O6/c1-14(2)12-26(13-20(27)22(30)31)23(32)25-19(21(28)29)11-15-3-5-16(6-4-15)17-7-9-18(24)10-8-17/h3-10,14,19-20,27H,11-13H2,1-2H3,(H,25,32)(H,28,29)(H,30,31). The van der Waals surface area contributed by atoms with Crippen LogP contribution < -0.4 is 5.32 Å². The first kappa shape index (κ1) is 24.8. The van der Waals surface area contributed by atoms with E-state index in [9.17, 15) is 29.0 Å². The van der Waals surface area contributed by atoms with Crippen molar-refractivity contribution in [3.05, 3.63) is 59.9 Å². The zero-order valence-corrected chi connectivity index (χ0v) is 17.9. The van der Waals surface area contributed by atoms with E-state index in [-0.39, 0.29) is 24.7 Å². The second kappa shape index (κ2) is 11.2. The number of carboxylic acid groups (broad SMARTS) is 2. The number of nitrogens with one attached hydrogen (secondary N) is 1. The topological polar surface area (TPSA) is 127 Å². The van der Waals surface area contributed by atoms with Crippen molar-refractivity contribution in [2.45, 2.75) is 32.4 Å². The van der Waals surface area contributed by atoms with E-state index in [1.165, 1.54) is 12.1 Å². The van der Waals surface area contributed by atoms with Crippen LogP contribution in [-0.2, 0) is 16.0 Å². The Bertz CT molecular complexity index is 931. The second-order valence-electron chi connectivity index (χ2n) is 7.90. The Kier molecular flexibility index (Phi) is 8.71. The Labute approximate surface area is 185 Å². The zero-order valence-electron chi connectivity index (χ0n) is 17.9. The van der Waals surface area contributed by atoms with Crippen molar-refractivity contribution in [2.24, 2.45) is 5.92 Å². The molecular formula is C23H27FN2O6. The summed E-state index contributed by atoms with van der Waals surface area (Å²) in [6, 6.07) is 11.0. The molecular weight excluding hydrogens is 419 g/mol. The minimum atomic E-state index is -1.78. The monoisotopic (exact) mass is 446 g/mol. The molecule has 0 radical (unpaired) electrons. The van der Waals surface area contributed by atoms with Gasteiger partial charge in [0.05, 0.1) is 6.54 Å². The van der Waals surface area contributed by atoms with Crippen molar-refractivity contribution in [1.82, 2.24) is 10.2 Å². The maximum Gasteiger partial charge on any atom is 0.334 e. The number of carbonyl (C=O) groups is 3. The zero-order chi connectivity index (χ0) is 23.8. The van der Waals surface area contributed by atoms with Gasteiger partial charge in [-0.25, -0.2) is 18.8 Å². The van der Waals surface area contributed by atoms with Crippen LogP contribution in [0.3, 0.4) is 0 Å². The molecule has 0 saturated heterocycles. The number of halogens is 1. The molecule has 0 spiro atoms. The van der Waals surface area contributed by atoms with Crippen LogP contribution in [0.1, 0.15) is 19.4 Å². The number of hydrogen-bond acceptors (Lipinski definition) is 4. The molecule has 2 amide bonds. The third-order valence-electron chi connectivity index (χ3n) is 4.72. The minimum absolute atomic E-state index is 0.00176. The lowest BCUT2D eigenvalue weighted by Gasteiger charge is -2.27. The molecule has 0 aliphatic heterocycles. The van der Waals surface area contributed by atoms with Gasteiger partial charge in [0, 0.05) is 13.0 Å². The van der Waals surface area contributed by atoms with Crippen LogP contribution in [0.4, 0.5) is 9.18 Å². The lowest BCUT2D eigenvalue weighted by molar-refractivity contribution is -0.147. The molecule has 0 heterocycles. The summed E-state index contributed by atoms with van der Waals surface area (Å²) >= 11 is 0. The minimum Gasteiger partial charge on any atom is -0.480 e.